The van der Waals surface area contributed by atoms with E-state index in [0.717, 1.165) is 25.7 Å². The van der Waals surface area contributed by atoms with Gasteiger partial charge >= 0.3 is 0 Å². The van der Waals surface area contributed by atoms with Crippen LogP contribution in [0.25, 0.3) is 0 Å². The summed E-state index contributed by atoms with van der Waals surface area (Å²) in [6.07, 6.45) is 4.23. The second-order valence-corrected chi connectivity index (χ2v) is 6.21. The number of halogens is 1. The Bertz CT molecular complexity index is 196. The Balaban J connectivity index is 2.38. The molecule has 1 aliphatic carbocycles. The molecule has 0 saturated heterocycles. The molecule has 0 radical (unpaired) electrons. The molecule has 5 heteroatoms. The van der Waals surface area contributed by atoms with Crippen LogP contribution >= 0.6 is 14.8 Å². The van der Waals surface area contributed by atoms with Crippen molar-refractivity contribution in [3.8, 4) is 0 Å². The van der Waals surface area contributed by atoms with Crippen LogP contribution in [0.2, 0.25) is 0 Å². The zero-order chi connectivity index (χ0) is 7.61. The van der Waals surface area contributed by atoms with Crippen LogP contribution in [0.1, 0.15) is 25.7 Å². The third-order valence-electron chi connectivity index (χ3n) is 1.66. The van der Waals surface area contributed by atoms with Gasteiger partial charge in [-0.3, -0.25) is 0 Å². The highest BCUT2D eigenvalue weighted by Crippen LogP contribution is 2.19. The van der Waals surface area contributed by atoms with Crippen LogP contribution in [0, 0.1) is 0 Å². The smallest absolute Gasteiger partial charge is 0.203 e. The van der Waals surface area contributed by atoms with Crippen molar-refractivity contribution in [3.05, 3.63) is 0 Å². The molecule has 0 aliphatic heterocycles. The zero-order valence-electron chi connectivity index (χ0n) is 5.51. The molecule has 0 bridgehead atoms. The molecule has 0 heterocycles. The summed E-state index contributed by atoms with van der Waals surface area (Å²) in [4.78, 5) is 0. The van der Waals surface area contributed by atoms with E-state index in [1.54, 1.807) is 0 Å². The van der Waals surface area contributed by atoms with Crippen LogP contribution in [0.5, 0.6) is 0 Å². The maximum Gasteiger partial charge on any atom is 0.272 e. The van der Waals surface area contributed by atoms with Gasteiger partial charge in [-0.25, -0.2) is 13.1 Å². The fourth-order valence-corrected chi connectivity index (χ4v) is 2.67. The van der Waals surface area contributed by atoms with Gasteiger partial charge in [0.15, 0.2) is 0 Å². The lowest BCUT2D eigenvalue weighted by Crippen LogP contribution is -2.28. The highest BCUT2D eigenvalue weighted by molar-refractivity contribution is 9.47. The molecule has 60 valence electrons. The standard InChI is InChI=1S/C5H10BrNO2S/c6-10(8,9)7-5-3-1-2-4-5/h5,7H,1-4H2. The van der Waals surface area contributed by atoms with Gasteiger partial charge in [-0.2, -0.15) is 0 Å². The highest BCUT2D eigenvalue weighted by Gasteiger charge is 2.18. The predicted octanol–water partition coefficient (Wildman–Crippen LogP) is 1.16. The molecular formula is C5H10BrNO2S. The van der Waals surface area contributed by atoms with Gasteiger partial charge in [0.05, 0.1) is 14.8 Å². The van der Waals surface area contributed by atoms with Crippen molar-refractivity contribution in [2.24, 2.45) is 0 Å². The highest BCUT2D eigenvalue weighted by atomic mass is 79.9. The molecule has 1 N–H and O–H groups in total. The van der Waals surface area contributed by atoms with Gasteiger partial charge in [0.25, 0.3) is 8.46 Å². The fraction of sp³-hybridized carbons (Fsp3) is 1.00. The molecule has 0 amide bonds. The quantitative estimate of drug-likeness (QED) is 0.721. The fourth-order valence-electron chi connectivity index (χ4n) is 1.24. The first-order valence-electron chi connectivity index (χ1n) is 3.30. The molecule has 1 aliphatic rings. The van der Waals surface area contributed by atoms with E-state index in [-0.39, 0.29) is 6.04 Å². The molecule has 0 aromatic heterocycles. The van der Waals surface area contributed by atoms with Gasteiger partial charge < -0.3 is 0 Å². The van der Waals surface area contributed by atoms with Crippen LogP contribution < -0.4 is 4.72 Å². The monoisotopic (exact) mass is 227 g/mol. The van der Waals surface area contributed by atoms with E-state index in [0.29, 0.717) is 0 Å². The second kappa shape index (κ2) is 3.19. The first-order chi connectivity index (χ1) is 4.58. The molecule has 1 saturated carbocycles. The van der Waals surface area contributed by atoms with Crippen LogP contribution in [0.4, 0.5) is 0 Å². The van der Waals surface area contributed by atoms with Gasteiger partial charge in [-0.15, -0.1) is 0 Å². The van der Waals surface area contributed by atoms with E-state index in [4.69, 9.17) is 0 Å². The first kappa shape index (κ1) is 8.49. The van der Waals surface area contributed by atoms with Crippen LogP contribution in [-0.4, -0.2) is 14.5 Å². The molecule has 1 rings (SSSR count). The Morgan fingerprint density at radius 3 is 2.20 bits per heavy atom. The lowest BCUT2D eigenvalue weighted by molar-refractivity contribution is 0.567. The molecular weight excluding hydrogens is 218 g/mol. The van der Waals surface area contributed by atoms with Crippen molar-refractivity contribution < 1.29 is 8.42 Å². The van der Waals surface area contributed by atoms with E-state index in [1.807, 2.05) is 0 Å². The summed E-state index contributed by atoms with van der Waals surface area (Å²) in [6, 6.07) is 0.171. The second-order valence-electron chi connectivity index (χ2n) is 2.54. The summed E-state index contributed by atoms with van der Waals surface area (Å²) in [5, 5.41) is 0. The normalized spacial score (nSPS) is 21.7. The Kier molecular flexibility index (Phi) is 2.71. The van der Waals surface area contributed by atoms with Crippen molar-refractivity contribution in [2.75, 3.05) is 0 Å². The van der Waals surface area contributed by atoms with Crippen molar-refractivity contribution in [3.63, 3.8) is 0 Å². The van der Waals surface area contributed by atoms with Crippen LogP contribution in [-0.2, 0) is 8.46 Å². The van der Waals surface area contributed by atoms with Gasteiger partial charge in [0, 0.05) is 6.04 Å². The van der Waals surface area contributed by atoms with E-state index < -0.39 is 8.46 Å². The maximum atomic E-state index is 10.6. The Morgan fingerprint density at radius 2 is 1.80 bits per heavy atom. The molecule has 0 atom stereocenters. The molecule has 1 fully saturated rings. The molecule has 0 aromatic carbocycles. The lowest BCUT2D eigenvalue weighted by atomic mass is 10.3. The Hall–Kier alpha value is 0.390. The van der Waals surface area contributed by atoms with Crippen molar-refractivity contribution >= 4 is 23.3 Å². The summed E-state index contributed by atoms with van der Waals surface area (Å²) < 4.78 is 23.7. The SMILES string of the molecule is O=S(=O)(Br)NC1CCCC1. The average Bonchev–Trinajstić information content (AvgIpc) is 2.12. The minimum Gasteiger partial charge on any atom is -0.203 e. The van der Waals surface area contributed by atoms with Crippen molar-refractivity contribution in [2.45, 2.75) is 31.7 Å². The number of hydrogen-bond acceptors (Lipinski definition) is 2. The Morgan fingerprint density at radius 1 is 1.30 bits per heavy atom. The average molecular weight is 228 g/mol. The first-order valence-corrected chi connectivity index (χ1v) is 6.62. The van der Waals surface area contributed by atoms with Crippen molar-refractivity contribution in [1.29, 1.82) is 0 Å². The van der Waals surface area contributed by atoms with E-state index in [1.165, 1.54) is 0 Å². The van der Waals surface area contributed by atoms with E-state index in [9.17, 15) is 8.42 Å². The molecule has 0 spiro atoms. The summed E-state index contributed by atoms with van der Waals surface area (Å²) in [7, 11) is -3.15. The third-order valence-corrected chi connectivity index (χ3v) is 2.84. The Labute approximate surface area is 68.4 Å². The third kappa shape index (κ3) is 2.98. The van der Waals surface area contributed by atoms with Gasteiger partial charge in [-0.05, 0) is 12.8 Å². The maximum absolute atomic E-state index is 10.6. The molecule has 0 aromatic rings. The van der Waals surface area contributed by atoms with Gasteiger partial charge in [-0.1, -0.05) is 12.8 Å². The summed E-state index contributed by atoms with van der Waals surface area (Å²) in [6.45, 7) is 0. The lowest BCUT2D eigenvalue weighted by Gasteiger charge is -2.06. The van der Waals surface area contributed by atoms with E-state index >= 15 is 0 Å². The molecule has 0 unspecified atom stereocenters. The van der Waals surface area contributed by atoms with E-state index in [2.05, 4.69) is 19.5 Å². The van der Waals surface area contributed by atoms with Crippen molar-refractivity contribution in [1.82, 2.24) is 4.72 Å². The van der Waals surface area contributed by atoms with Crippen LogP contribution in [0.15, 0.2) is 0 Å². The number of hydrogen-bond donors (Lipinski definition) is 1. The predicted molar refractivity (Wildman–Crippen MR) is 43.2 cm³/mol. The topological polar surface area (TPSA) is 46.2 Å². The summed E-state index contributed by atoms with van der Waals surface area (Å²) in [5.74, 6) is 0. The van der Waals surface area contributed by atoms with Crippen LogP contribution in [0.3, 0.4) is 0 Å². The zero-order valence-corrected chi connectivity index (χ0v) is 7.91. The summed E-state index contributed by atoms with van der Waals surface area (Å²) >= 11 is 2.55. The number of nitrogens with one attached hydrogen (secondary N) is 1. The number of rotatable bonds is 2. The van der Waals surface area contributed by atoms with Gasteiger partial charge in [0.2, 0.25) is 0 Å². The largest absolute Gasteiger partial charge is 0.272 e. The van der Waals surface area contributed by atoms with Gasteiger partial charge in [0.1, 0.15) is 0 Å². The molecule has 10 heavy (non-hydrogen) atoms. The minimum absolute atomic E-state index is 0.171. The minimum atomic E-state index is -3.15. The molecule has 3 nitrogen and oxygen atoms in total. The summed E-state index contributed by atoms with van der Waals surface area (Å²) in [5.41, 5.74) is 0.